The van der Waals surface area contributed by atoms with E-state index in [4.69, 9.17) is 0 Å². The Hall–Kier alpha value is -2.92. The molecule has 150 valence electrons. The molecule has 3 N–H and O–H groups in total. The summed E-state index contributed by atoms with van der Waals surface area (Å²) >= 11 is -2.54. The van der Waals surface area contributed by atoms with E-state index in [9.17, 15) is 27.1 Å². The number of benzene rings is 1. The van der Waals surface area contributed by atoms with Crippen LogP contribution in [0.15, 0.2) is 30.5 Å². The third-order valence-corrected chi connectivity index (χ3v) is 4.26. The molecule has 0 spiro atoms. The van der Waals surface area contributed by atoms with Crippen molar-refractivity contribution in [3.63, 3.8) is 0 Å². The number of hydrogen-bond donors (Lipinski definition) is 3. The Morgan fingerprint density at radius 1 is 1.21 bits per heavy atom. The van der Waals surface area contributed by atoms with E-state index >= 15 is 0 Å². The zero-order chi connectivity index (χ0) is 20.8. The monoisotopic (exact) mass is 412 g/mol. The highest BCUT2D eigenvalue weighted by molar-refractivity contribution is 7.80. The van der Waals surface area contributed by atoms with Crippen LogP contribution in [0.1, 0.15) is 30.6 Å². The van der Waals surface area contributed by atoms with Crippen molar-refractivity contribution in [2.45, 2.75) is 20.3 Å². The number of rotatable bonds is 7. The minimum atomic E-state index is -2.54. The van der Waals surface area contributed by atoms with Gasteiger partial charge in [-0.1, -0.05) is 6.92 Å². The van der Waals surface area contributed by atoms with E-state index in [1.807, 2.05) is 0 Å². The van der Waals surface area contributed by atoms with Gasteiger partial charge in [0.05, 0.1) is 17.6 Å². The molecule has 1 atom stereocenters. The summed E-state index contributed by atoms with van der Waals surface area (Å²) in [6.07, 6.45) is 1.63. The normalized spacial score (nSPS) is 11.6. The minimum absolute atomic E-state index is 0.0290. The molecule has 0 aliphatic carbocycles. The molecule has 11 heteroatoms. The fourth-order valence-electron chi connectivity index (χ4n) is 2.34. The first-order valence-corrected chi connectivity index (χ1v) is 9.22. The highest BCUT2D eigenvalue weighted by Gasteiger charge is 2.25. The second kappa shape index (κ2) is 9.33. The molecule has 0 aliphatic heterocycles. The maximum Gasteiger partial charge on any atom is 0.261 e. The van der Waals surface area contributed by atoms with Crippen LogP contribution in [-0.2, 0) is 16.1 Å². The number of aromatic nitrogens is 1. The molecule has 1 heterocycles. The van der Waals surface area contributed by atoms with E-state index in [2.05, 4.69) is 15.6 Å². The summed E-state index contributed by atoms with van der Waals surface area (Å²) in [5, 5.41) is 4.73. The second-order valence-electron chi connectivity index (χ2n) is 5.66. The van der Waals surface area contributed by atoms with Crippen molar-refractivity contribution in [2.75, 3.05) is 21.5 Å². The molecular formula is C17H18F2N4O4S. The summed E-state index contributed by atoms with van der Waals surface area (Å²) in [4.78, 5) is 27.2. The highest BCUT2D eigenvalue weighted by atomic mass is 32.2. The summed E-state index contributed by atoms with van der Waals surface area (Å²) in [7, 11) is 0. The second-order valence-corrected chi connectivity index (χ2v) is 6.56. The molecule has 2 amide bonds. The summed E-state index contributed by atoms with van der Waals surface area (Å²) in [5.41, 5.74) is -1.12. The Bertz CT molecular complexity index is 909. The predicted molar refractivity (Wildman–Crippen MR) is 101 cm³/mol. The zero-order valence-electron chi connectivity index (χ0n) is 15.0. The van der Waals surface area contributed by atoms with Crippen LogP contribution in [0.2, 0.25) is 0 Å². The topological polar surface area (TPSA) is 112 Å². The van der Waals surface area contributed by atoms with Gasteiger partial charge in [-0.2, -0.15) is 0 Å². The van der Waals surface area contributed by atoms with Crippen molar-refractivity contribution in [2.24, 2.45) is 0 Å². The van der Waals surface area contributed by atoms with E-state index in [0.717, 1.165) is 16.4 Å². The Kier molecular flexibility index (Phi) is 7.12. The number of pyridine rings is 1. The maximum absolute atomic E-state index is 14.8. The Balaban J connectivity index is 2.31. The molecule has 28 heavy (non-hydrogen) atoms. The standard InChI is InChI=1S/C17H18F2N4O4S/c1-3-8-23(28(26)27)13-6-5-12(18)15(16(13)19)17(25)22-11-4-7-14(20-9-11)21-10(2)24/h4-7,9H,3,8H2,1-2H3,(H,22,25)(H,26,27)(H,20,21,24). The molecule has 2 rings (SSSR count). The van der Waals surface area contributed by atoms with Gasteiger partial charge >= 0.3 is 0 Å². The molecule has 0 saturated heterocycles. The van der Waals surface area contributed by atoms with Crippen LogP contribution in [-0.4, -0.2) is 32.1 Å². The van der Waals surface area contributed by atoms with Crippen LogP contribution in [0.4, 0.5) is 26.0 Å². The Morgan fingerprint density at radius 3 is 2.46 bits per heavy atom. The van der Waals surface area contributed by atoms with Gasteiger partial charge in [0.15, 0.2) is 5.82 Å². The zero-order valence-corrected chi connectivity index (χ0v) is 15.8. The first-order valence-electron chi connectivity index (χ1n) is 8.16. The van der Waals surface area contributed by atoms with E-state index < -0.39 is 34.4 Å². The Labute approximate surface area is 162 Å². The van der Waals surface area contributed by atoms with Crippen LogP contribution in [0.25, 0.3) is 0 Å². The fourth-order valence-corrected chi connectivity index (χ4v) is 2.99. The van der Waals surface area contributed by atoms with E-state index in [0.29, 0.717) is 6.42 Å². The number of amides is 2. The van der Waals surface area contributed by atoms with Gasteiger partial charge in [0, 0.05) is 13.5 Å². The minimum Gasteiger partial charge on any atom is -0.320 e. The van der Waals surface area contributed by atoms with Crippen LogP contribution < -0.4 is 14.9 Å². The first-order chi connectivity index (χ1) is 13.2. The van der Waals surface area contributed by atoms with Gasteiger partial charge in [0.2, 0.25) is 5.91 Å². The van der Waals surface area contributed by atoms with Crippen molar-refractivity contribution >= 4 is 40.3 Å². The van der Waals surface area contributed by atoms with E-state index in [-0.39, 0.29) is 29.6 Å². The van der Waals surface area contributed by atoms with Gasteiger partial charge in [-0.15, -0.1) is 0 Å². The smallest absolute Gasteiger partial charge is 0.261 e. The first kappa shape index (κ1) is 21.4. The summed E-state index contributed by atoms with van der Waals surface area (Å²) in [5.74, 6) is -3.56. The number of hydrogen-bond acceptors (Lipinski definition) is 4. The molecule has 8 nitrogen and oxygen atoms in total. The SMILES string of the molecule is CCCN(c1ccc(F)c(C(=O)Nc2ccc(NC(C)=O)nc2)c1F)S(=O)O. The Morgan fingerprint density at radius 2 is 1.93 bits per heavy atom. The van der Waals surface area contributed by atoms with Gasteiger partial charge in [-0.3, -0.25) is 18.4 Å². The fraction of sp³-hybridized carbons (Fsp3) is 0.235. The molecule has 0 saturated carbocycles. The lowest BCUT2D eigenvalue weighted by molar-refractivity contribution is -0.114. The largest absolute Gasteiger partial charge is 0.320 e. The number of carbonyl (C=O) groups excluding carboxylic acids is 2. The average Bonchev–Trinajstić information content (AvgIpc) is 2.61. The van der Waals surface area contributed by atoms with Gasteiger partial charge in [0.1, 0.15) is 17.2 Å². The molecule has 1 unspecified atom stereocenters. The average molecular weight is 412 g/mol. The van der Waals surface area contributed by atoms with Gasteiger partial charge in [-0.25, -0.2) is 18.0 Å². The molecule has 0 bridgehead atoms. The summed E-state index contributed by atoms with van der Waals surface area (Å²) in [6, 6.07) is 4.63. The van der Waals surface area contributed by atoms with Crippen molar-refractivity contribution in [3.05, 3.63) is 47.7 Å². The third-order valence-electron chi connectivity index (χ3n) is 3.51. The number of nitrogens with zero attached hydrogens (tertiary/aromatic N) is 2. The van der Waals surface area contributed by atoms with E-state index in [1.54, 1.807) is 6.92 Å². The van der Waals surface area contributed by atoms with Crippen molar-refractivity contribution in [1.29, 1.82) is 0 Å². The molecule has 0 fully saturated rings. The van der Waals surface area contributed by atoms with Crippen molar-refractivity contribution in [1.82, 2.24) is 4.98 Å². The maximum atomic E-state index is 14.8. The molecule has 1 aromatic carbocycles. The molecule has 0 aliphatic rings. The van der Waals surface area contributed by atoms with Crippen LogP contribution in [0.3, 0.4) is 0 Å². The lowest BCUT2D eigenvalue weighted by Crippen LogP contribution is -2.28. The lowest BCUT2D eigenvalue weighted by atomic mass is 10.1. The summed E-state index contributed by atoms with van der Waals surface area (Å²) < 4.78 is 50.5. The van der Waals surface area contributed by atoms with Crippen molar-refractivity contribution in [3.8, 4) is 0 Å². The summed E-state index contributed by atoms with van der Waals surface area (Å²) in [6.45, 7) is 3.05. The molecular weight excluding hydrogens is 394 g/mol. The van der Waals surface area contributed by atoms with E-state index in [1.165, 1.54) is 25.3 Å². The van der Waals surface area contributed by atoms with Gasteiger partial charge in [-0.05, 0) is 30.7 Å². The van der Waals surface area contributed by atoms with Gasteiger partial charge in [0.25, 0.3) is 17.2 Å². The number of halogens is 2. The van der Waals surface area contributed by atoms with Crippen molar-refractivity contribution < 1.29 is 27.1 Å². The quantitative estimate of drug-likeness (QED) is 0.606. The number of nitrogens with one attached hydrogen (secondary N) is 2. The molecule has 2 aromatic rings. The predicted octanol–water partition coefficient (Wildman–Crippen LogP) is 2.92. The molecule has 0 radical (unpaired) electrons. The number of carbonyl (C=O) groups is 2. The van der Waals surface area contributed by atoms with Gasteiger partial charge < -0.3 is 10.6 Å². The highest BCUT2D eigenvalue weighted by Crippen LogP contribution is 2.26. The molecule has 1 aromatic heterocycles. The van der Waals surface area contributed by atoms with Crippen LogP contribution in [0.5, 0.6) is 0 Å². The lowest BCUT2D eigenvalue weighted by Gasteiger charge is -2.21. The third kappa shape index (κ3) is 5.08. The van der Waals surface area contributed by atoms with Crippen LogP contribution in [0, 0.1) is 11.6 Å². The van der Waals surface area contributed by atoms with Crippen LogP contribution >= 0.6 is 0 Å². The number of anilines is 3.